The third-order valence-electron chi connectivity index (χ3n) is 4.72. The van der Waals surface area contributed by atoms with Crippen molar-refractivity contribution in [2.75, 3.05) is 13.2 Å². The molecule has 0 amide bonds. The van der Waals surface area contributed by atoms with Crippen molar-refractivity contribution in [1.82, 2.24) is 5.32 Å². The highest BCUT2D eigenvalue weighted by Crippen LogP contribution is 2.37. The van der Waals surface area contributed by atoms with Crippen molar-refractivity contribution in [1.29, 1.82) is 0 Å². The number of rotatable bonds is 4. The molecule has 104 valence electrons. The predicted octanol–water partition coefficient (Wildman–Crippen LogP) is 3.40. The van der Waals surface area contributed by atoms with Crippen LogP contribution < -0.4 is 5.32 Å². The van der Waals surface area contributed by atoms with Gasteiger partial charge in [0.05, 0.1) is 5.60 Å². The SMILES string of the molecule is Cc1cccc(C2CC(NCC3(C)CCCO3)C2)c1. The molecule has 1 N–H and O–H groups in total. The van der Waals surface area contributed by atoms with Crippen LogP contribution in [0.1, 0.15) is 49.7 Å². The fraction of sp³-hybridized carbons (Fsp3) is 0.647. The topological polar surface area (TPSA) is 21.3 Å². The van der Waals surface area contributed by atoms with E-state index in [0.717, 1.165) is 19.1 Å². The number of benzene rings is 1. The van der Waals surface area contributed by atoms with E-state index in [1.807, 2.05) is 0 Å². The van der Waals surface area contributed by atoms with E-state index in [-0.39, 0.29) is 5.60 Å². The minimum Gasteiger partial charge on any atom is -0.374 e. The first-order valence-electron chi connectivity index (χ1n) is 7.59. The highest BCUT2D eigenvalue weighted by atomic mass is 16.5. The van der Waals surface area contributed by atoms with Gasteiger partial charge in [-0.15, -0.1) is 0 Å². The molecule has 1 unspecified atom stereocenters. The maximum absolute atomic E-state index is 5.82. The summed E-state index contributed by atoms with van der Waals surface area (Å²) < 4.78 is 5.82. The van der Waals surface area contributed by atoms with E-state index in [9.17, 15) is 0 Å². The van der Waals surface area contributed by atoms with Gasteiger partial charge in [0.25, 0.3) is 0 Å². The smallest absolute Gasteiger partial charge is 0.0779 e. The van der Waals surface area contributed by atoms with Gasteiger partial charge in [-0.25, -0.2) is 0 Å². The third kappa shape index (κ3) is 3.01. The van der Waals surface area contributed by atoms with E-state index >= 15 is 0 Å². The first kappa shape index (κ1) is 13.1. The van der Waals surface area contributed by atoms with Crippen molar-refractivity contribution in [2.24, 2.45) is 0 Å². The third-order valence-corrected chi connectivity index (χ3v) is 4.72. The molecule has 2 nitrogen and oxygen atoms in total. The van der Waals surface area contributed by atoms with E-state index in [0.29, 0.717) is 6.04 Å². The van der Waals surface area contributed by atoms with Crippen molar-refractivity contribution in [3.63, 3.8) is 0 Å². The van der Waals surface area contributed by atoms with Gasteiger partial charge in [-0.1, -0.05) is 29.8 Å². The molecule has 0 radical (unpaired) electrons. The van der Waals surface area contributed by atoms with Crippen LogP contribution in [-0.2, 0) is 4.74 Å². The Hall–Kier alpha value is -0.860. The van der Waals surface area contributed by atoms with Gasteiger partial charge in [0.1, 0.15) is 0 Å². The fourth-order valence-corrected chi connectivity index (χ4v) is 3.32. The fourth-order valence-electron chi connectivity index (χ4n) is 3.32. The lowest BCUT2D eigenvalue weighted by Gasteiger charge is -2.38. The van der Waals surface area contributed by atoms with Crippen LogP contribution in [-0.4, -0.2) is 24.8 Å². The van der Waals surface area contributed by atoms with Crippen LogP contribution in [0.2, 0.25) is 0 Å². The van der Waals surface area contributed by atoms with Crippen LogP contribution in [0.5, 0.6) is 0 Å². The molecule has 1 aliphatic carbocycles. The highest BCUT2D eigenvalue weighted by Gasteiger charge is 2.34. The lowest BCUT2D eigenvalue weighted by molar-refractivity contribution is 0.0158. The molecular weight excluding hydrogens is 234 g/mol. The maximum Gasteiger partial charge on any atom is 0.0779 e. The molecule has 1 aromatic carbocycles. The summed E-state index contributed by atoms with van der Waals surface area (Å²) in [5, 5.41) is 3.69. The van der Waals surface area contributed by atoms with E-state index in [1.54, 1.807) is 0 Å². The second kappa shape index (κ2) is 5.26. The van der Waals surface area contributed by atoms with Gasteiger partial charge in [-0.3, -0.25) is 0 Å². The number of ether oxygens (including phenoxy) is 1. The van der Waals surface area contributed by atoms with Crippen LogP contribution in [0.4, 0.5) is 0 Å². The van der Waals surface area contributed by atoms with E-state index in [1.165, 1.54) is 36.8 Å². The van der Waals surface area contributed by atoms with Gasteiger partial charge in [-0.05, 0) is 51.0 Å². The second-order valence-corrected chi connectivity index (χ2v) is 6.56. The zero-order chi connectivity index (χ0) is 13.3. The molecule has 1 aromatic rings. The monoisotopic (exact) mass is 259 g/mol. The zero-order valence-corrected chi connectivity index (χ0v) is 12.1. The first-order valence-corrected chi connectivity index (χ1v) is 7.59. The lowest BCUT2D eigenvalue weighted by atomic mass is 9.75. The predicted molar refractivity (Wildman–Crippen MR) is 78.5 cm³/mol. The van der Waals surface area contributed by atoms with Gasteiger partial charge < -0.3 is 10.1 Å². The maximum atomic E-state index is 5.82. The van der Waals surface area contributed by atoms with Crippen molar-refractivity contribution in [3.05, 3.63) is 35.4 Å². The minimum absolute atomic E-state index is 0.0917. The normalized spacial score (nSPS) is 34.2. The Morgan fingerprint density at radius 1 is 1.37 bits per heavy atom. The molecule has 1 aliphatic heterocycles. The Labute approximate surface area is 116 Å². The summed E-state index contributed by atoms with van der Waals surface area (Å²) in [5.74, 6) is 0.759. The van der Waals surface area contributed by atoms with E-state index in [4.69, 9.17) is 4.74 Å². The van der Waals surface area contributed by atoms with E-state index in [2.05, 4.69) is 43.4 Å². The molecule has 1 saturated carbocycles. The van der Waals surface area contributed by atoms with Crippen molar-refractivity contribution in [3.8, 4) is 0 Å². The molecular formula is C17H25NO. The van der Waals surface area contributed by atoms with Crippen LogP contribution in [0, 0.1) is 6.92 Å². The number of hydrogen-bond acceptors (Lipinski definition) is 2. The lowest BCUT2D eigenvalue weighted by Crippen LogP contribution is -2.47. The average Bonchev–Trinajstić information content (AvgIpc) is 2.74. The van der Waals surface area contributed by atoms with Gasteiger partial charge in [-0.2, -0.15) is 0 Å². The van der Waals surface area contributed by atoms with E-state index < -0.39 is 0 Å². The molecule has 2 fully saturated rings. The Morgan fingerprint density at radius 3 is 2.89 bits per heavy atom. The second-order valence-electron chi connectivity index (χ2n) is 6.56. The Bertz CT molecular complexity index is 431. The van der Waals surface area contributed by atoms with Crippen LogP contribution >= 0.6 is 0 Å². The van der Waals surface area contributed by atoms with Crippen molar-refractivity contribution in [2.45, 2.75) is 57.1 Å². The summed E-state index contributed by atoms with van der Waals surface area (Å²) in [7, 11) is 0. The molecule has 0 bridgehead atoms. The molecule has 2 heteroatoms. The Balaban J connectivity index is 1.45. The zero-order valence-electron chi connectivity index (χ0n) is 12.1. The molecule has 3 rings (SSSR count). The summed E-state index contributed by atoms with van der Waals surface area (Å²) in [6, 6.07) is 9.65. The van der Waals surface area contributed by atoms with Crippen LogP contribution in [0.15, 0.2) is 24.3 Å². The highest BCUT2D eigenvalue weighted by molar-refractivity contribution is 5.27. The molecule has 1 saturated heterocycles. The largest absolute Gasteiger partial charge is 0.374 e. The average molecular weight is 259 g/mol. The van der Waals surface area contributed by atoms with Gasteiger partial charge in [0.2, 0.25) is 0 Å². The summed E-state index contributed by atoms with van der Waals surface area (Å²) in [4.78, 5) is 0. The summed E-state index contributed by atoms with van der Waals surface area (Å²) in [5.41, 5.74) is 2.98. The van der Waals surface area contributed by atoms with Crippen molar-refractivity contribution < 1.29 is 4.74 Å². The molecule has 19 heavy (non-hydrogen) atoms. The van der Waals surface area contributed by atoms with Crippen LogP contribution in [0.25, 0.3) is 0 Å². The summed E-state index contributed by atoms with van der Waals surface area (Å²) in [6.07, 6.45) is 4.97. The minimum atomic E-state index is 0.0917. The number of aryl methyl sites for hydroxylation is 1. The quantitative estimate of drug-likeness (QED) is 0.895. The van der Waals surface area contributed by atoms with Gasteiger partial charge in [0.15, 0.2) is 0 Å². The molecule has 0 spiro atoms. The molecule has 1 heterocycles. The summed E-state index contributed by atoms with van der Waals surface area (Å²) in [6.45, 7) is 6.37. The molecule has 1 atom stereocenters. The first-order chi connectivity index (χ1) is 9.15. The number of hydrogen-bond donors (Lipinski definition) is 1. The Kier molecular flexibility index (Phi) is 3.64. The summed E-state index contributed by atoms with van der Waals surface area (Å²) >= 11 is 0. The van der Waals surface area contributed by atoms with Gasteiger partial charge in [0, 0.05) is 19.2 Å². The molecule has 0 aromatic heterocycles. The van der Waals surface area contributed by atoms with Crippen LogP contribution in [0.3, 0.4) is 0 Å². The van der Waals surface area contributed by atoms with Crippen molar-refractivity contribution >= 4 is 0 Å². The Morgan fingerprint density at radius 2 is 2.21 bits per heavy atom. The molecule has 2 aliphatic rings. The standard InChI is InChI=1S/C17H25NO/c1-13-5-3-6-14(9-13)15-10-16(11-15)18-12-17(2)7-4-8-19-17/h3,5-6,9,15-16,18H,4,7-8,10-12H2,1-2H3. The van der Waals surface area contributed by atoms with Gasteiger partial charge >= 0.3 is 0 Å². The number of nitrogens with one attached hydrogen (secondary N) is 1.